The monoisotopic (exact) mass is 858 g/mol. The molecule has 0 fully saturated rings. The minimum Gasteiger partial charge on any atom is -0.480 e. The highest BCUT2D eigenvalue weighted by Crippen LogP contribution is 2.43. The fraction of sp³-hybridized carbons (Fsp3) is 0.851. The third-order valence-corrected chi connectivity index (χ3v) is 11.4. The van der Waals surface area contributed by atoms with E-state index in [4.69, 9.17) is 24.8 Å². The number of allylic oxidation sites excluding steroid dienone is 4. The minimum atomic E-state index is -4.72. The van der Waals surface area contributed by atoms with Gasteiger partial charge in [0.1, 0.15) is 12.6 Å². The van der Waals surface area contributed by atoms with Crippen molar-refractivity contribution < 1.29 is 47.5 Å². The summed E-state index contributed by atoms with van der Waals surface area (Å²) in [5.74, 6) is -2.37. The quantitative estimate of drug-likeness (QED) is 0.0230. The topological polar surface area (TPSA) is 172 Å². The van der Waals surface area contributed by atoms with E-state index in [0.717, 1.165) is 57.8 Å². The number of esters is 2. The lowest BCUT2D eigenvalue weighted by molar-refractivity contribution is -0.161. The van der Waals surface area contributed by atoms with Gasteiger partial charge in [-0.05, 0) is 44.9 Å². The number of carbonyl (C=O) groups excluding carboxylic acids is 2. The van der Waals surface area contributed by atoms with Gasteiger partial charge in [0, 0.05) is 12.8 Å². The first-order valence-corrected chi connectivity index (χ1v) is 25.4. The number of phosphoric ester groups is 1. The fourth-order valence-corrected chi connectivity index (χ4v) is 7.46. The van der Waals surface area contributed by atoms with Gasteiger partial charge in [-0.2, -0.15) is 0 Å². The van der Waals surface area contributed by atoms with Crippen LogP contribution in [0.1, 0.15) is 226 Å². The molecule has 4 N–H and O–H groups in total. The summed E-state index contributed by atoms with van der Waals surface area (Å²) in [5, 5.41) is 8.90. The maximum atomic E-state index is 12.7. The summed E-state index contributed by atoms with van der Waals surface area (Å²) >= 11 is 0. The van der Waals surface area contributed by atoms with Crippen LogP contribution in [0.25, 0.3) is 0 Å². The molecule has 0 bridgehead atoms. The van der Waals surface area contributed by atoms with Gasteiger partial charge >= 0.3 is 25.7 Å². The number of rotatable bonds is 45. The summed E-state index contributed by atoms with van der Waals surface area (Å²) in [7, 11) is -4.72. The van der Waals surface area contributed by atoms with E-state index in [2.05, 4.69) is 42.7 Å². The molecule has 3 unspecified atom stereocenters. The van der Waals surface area contributed by atoms with E-state index in [-0.39, 0.29) is 19.4 Å². The maximum absolute atomic E-state index is 12.7. The Morgan fingerprint density at radius 1 is 0.525 bits per heavy atom. The number of carboxylic acids is 1. The Labute approximate surface area is 360 Å². The summed E-state index contributed by atoms with van der Waals surface area (Å²) in [4.78, 5) is 46.1. The second kappa shape index (κ2) is 42.6. The number of hydrogen-bond donors (Lipinski definition) is 3. The van der Waals surface area contributed by atoms with Gasteiger partial charge in [-0.25, -0.2) is 4.57 Å². The lowest BCUT2D eigenvalue weighted by Gasteiger charge is -2.20. The third-order valence-electron chi connectivity index (χ3n) is 10.5. The molecule has 0 radical (unpaired) electrons. The van der Waals surface area contributed by atoms with Gasteiger partial charge < -0.3 is 25.2 Å². The van der Waals surface area contributed by atoms with Gasteiger partial charge in [0.15, 0.2) is 6.10 Å². The largest absolute Gasteiger partial charge is 0.480 e. The Morgan fingerprint density at radius 2 is 0.898 bits per heavy atom. The van der Waals surface area contributed by atoms with Crippen molar-refractivity contribution in [2.24, 2.45) is 5.73 Å². The molecular formula is C47H88NO10P. The molecule has 12 heteroatoms. The van der Waals surface area contributed by atoms with Gasteiger partial charge in [-0.15, -0.1) is 0 Å². The molecule has 0 spiro atoms. The standard InChI is InChI=1S/C47H88NO10P/c1-3-5-7-9-11-13-15-17-19-21-23-24-26-28-30-32-34-36-38-45(49)55-40-43(41-56-59(53,54)57-42-44(48)47(51)52)58-46(50)39-37-35-33-31-29-27-25-22-20-18-16-14-12-10-8-6-4-2/h12,14,18,20,43-44H,3-11,13,15-17,19,21-42,48H2,1-2H3,(H,51,52)(H,53,54)/b14-12-,20-18-. The van der Waals surface area contributed by atoms with Crippen LogP contribution in [0, 0.1) is 0 Å². The van der Waals surface area contributed by atoms with E-state index in [1.807, 2.05) is 0 Å². The predicted octanol–water partition coefficient (Wildman–Crippen LogP) is 13.0. The predicted molar refractivity (Wildman–Crippen MR) is 240 cm³/mol. The van der Waals surface area contributed by atoms with Crippen LogP contribution in [0.4, 0.5) is 0 Å². The van der Waals surface area contributed by atoms with E-state index < -0.39 is 51.1 Å². The number of carbonyl (C=O) groups is 3. The Hall–Kier alpha value is -2.04. The molecule has 59 heavy (non-hydrogen) atoms. The van der Waals surface area contributed by atoms with Crippen molar-refractivity contribution in [3.63, 3.8) is 0 Å². The number of hydrogen-bond acceptors (Lipinski definition) is 9. The summed E-state index contributed by atoms with van der Waals surface area (Å²) in [5.41, 5.74) is 5.34. The van der Waals surface area contributed by atoms with Gasteiger partial charge in [0.05, 0.1) is 13.2 Å². The Balaban J connectivity index is 4.28. The number of carboxylic acid groups (broad SMARTS) is 1. The Bertz CT molecular complexity index is 1100. The zero-order valence-electron chi connectivity index (χ0n) is 37.6. The van der Waals surface area contributed by atoms with Crippen LogP contribution in [0.2, 0.25) is 0 Å². The van der Waals surface area contributed by atoms with Crippen LogP contribution in [0.5, 0.6) is 0 Å². The Kier molecular flexibility index (Phi) is 41.2. The van der Waals surface area contributed by atoms with Crippen molar-refractivity contribution in [1.82, 2.24) is 0 Å². The molecule has 0 aliphatic heterocycles. The molecule has 0 saturated carbocycles. The lowest BCUT2D eigenvalue weighted by Crippen LogP contribution is -2.34. The molecule has 0 aromatic carbocycles. The van der Waals surface area contributed by atoms with Crippen molar-refractivity contribution in [2.45, 2.75) is 238 Å². The highest BCUT2D eigenvalue weighted by molar-refractivity contribution is 7.47. The number of phosphoric acid groups is 1. The number of nitrogens with two attached hydrogens (primary N) is 1. The second-order valence-corrected chi connectivity index (χ2v) is 17.7. The molecule has 3 atom stereocenters. The molecule has 0 aromatic heterocycles. The van der Waals surface area contributed by atoms with Crippen LogP contribution in [-0.2, 0) is 37.5 Å². The highest BCUT2D eigenvalue weighted by atomic mass is 31.2. The van der Waals surface area contributed by atoms with E-state index in [1.165, 1.54) is 128 Å². The van der Waals surface area contributed by atoms with Crippen LogP contribution < -0.4 is 5.73 Å². The third kappa shape index (κ3) is 42.4. The zero-order valence-corrected chi connectivity index (χ0v) is 38.5. The average Bonchev–Trinajstić information content (AvgIpc) is 3.21. The summed E-state index contributed by atoms with van der Waals surface area (Å²) in [6.45, 7) is 2.80. The van der Waals surface area contributed by atoms with E-state index in [0.29, 0.717) is 12.8 Å². The van der Waals surface area contributed by atoms with Gasteiger partial charge in [-0.1, -0.05) is 192 Å². The normalized spacial score (nSPS) is 13.8. The van der Waals surface area contributed by atoms with Crippen LogP contribution in [-0.4, -0.2) is 59.9 Å². The van der Waals surface area contributed by atoms with Gasteiger partial charge in [0.25, 0.3) is 0 Å². The van der Waals surface area contributed by atoms with Crippen LogP contribution in [0.15, 0.2) is 24.3 Å². The van der Waals surface area contributed by atoms with Crippen LogP contribution >= 0.6 is 7.82 Å². The van der Waals surface area contributed by atoms with Crippen molar-refractivity contribution in [1.29, 1.82) is 0 Å². The zero-order chi connectivity index (χ0) is 43.5. The van der Waals surface area contributed by atoms with Crippen molar-refractivity contribution >= 4 is 25.7 Å². The smallest absolute Gasteiger partial charge is 0.472 e. The minimum absolute atomic E-state index is 0.155. The SMILES string of the molecule is CCCCC/C=C\C/C=C\CCCCCCCCCC(=O)OC(COC(=O)CCCCCCCCCCCCCCCCCCCC)COP(=O)(O)OCC(N)C(=O)O. The van der Waals surface area contributed by atoms with E-state index in [9.17, 15) is 23.8 Å². The fourth-order valence-electron chi connectivity index (χ4n) is 6.68. The first-order chi connectivity index (χ1) is 28.6. The lowest BCUT2D eigenvalue weighted by atomic mass is 10.0. The van der Waals surface area contributed by atoms with Crippen molar-refractivity contribution in [2.75, 3.05) is 19.8 Å². The Morgan fingerprint density at radius 3 is 1.36 bits per heavy atom. The molecule has 346 valence electrons. The maximum Gasteiger partial charge on any atom is 0.472 e. The van der Waals surface area contributed by atoms with Crippen molar-refractivity contribution in [3.05, 3.63) is 24.3 Å². The highest BCUT2D eigenvalue weighted by Gasteiger charge is 2.28. The molecule has 0 aliphatic rings. The second-order valence-electron chi connectivity index (χ2n) is 16.2. The first-order valence-electron chi connectivity index (χ1n) is 23.9. The number of unbranched alkanes of at least 4 members (excludes halogenated alkanes) is 27. The van der Waals surface area contributed by atoms with Gasteiger partial charge in [0.2, 0.25) is 0 Å². The molecule has 0 rings (SSSR count). The molecule has 11 nitrogen and oxygen atoms in total. The van der Waals surface area contributed by atoms with E-state index in [1.54, 1.807) is 0 Å². The van der Waals surface area contributed by atoms with Gasteiger partial charge in [-0.3, -0.25) is 23.4 Å². The molecule has 0 aromatic rings. The number of aliphatic carboxylic acids is 1. The van der Waals surface area contributed by atoms with E-state index >= 15 is 0 Å². The molecule has 0 saturated heterocycles. The number of ether oxygens (including phenoxy) is 2. The average molecular weight is 858 g/mol. The summed E-state index contributed by atoms with van der Waals surface area (Å²) in [6.07, 6.45) is 45.2. The summed E-state index contributed by atoms with van der Waals surface area (Å²) in [6, 6.07) is -1.52. The molecule has 0 amide bonds. The van der Waals surface area contributed by atoms with Crippen LogP contribution in [0.3, 0.4) is 0 Å². The molecule has 0 aliphatic carbocycles. The first kappa shape index (κ1) is 57.0. The van der Waals surface area contributed by atoms with Crippen molar-refractivity contribution in [3.8, 4) is 0 Å². The molecular weight excluding hydrogens is 769 g/mol. The summed E-state index contributed by atoms with van der Waals surface area (Å²) < 4.78 is 32.8. The molecule has 0 heterocycles.